The van der Waals surface area contributed by atoms with Crippen molar-refractivity contribution in [2.24, 2.45) is 5.41 Å². The molecule has 0 fully saturated rings. The van der Waals surface area contributed by atoms with Crippen LogP contribution in [0, 0.1) is 5.41 Å². The SMILES string of the molecule is CC(C)(C)CCNCCc1cccc2cccnc12. The van der Waals surface area contributed by atoms with E-state index >= 15 is 0 Å². The normalized spacial score (nSPS) is 11.9. The summed E-state index contributed by atoms with van der Waals surface area (Å²) in [6, 6.07) is 10.5. The summed E-state index contributed by atoms with van der Waals surface area (Å²) in [6.45, 7) is 8.95. The highest BCUT2D eigenvalue weighted by Gasteiger charge is 2.08. The quantitative estimate of drug-likeness (QED) is 0.823. The fourth-order valence-electron chi connectivity index (χ4n) is 2.18. The average molecular weight is 256 g/mol. The summed E-state index contributed by atoms with van der Waals surface area (Å²) in [5.41, 5.74) is 2.89. The number of nitrogens with zero attached hydrogens (tertiary/aromatic N) is 1. The second-order valence-corrected chi connectivity index (χ2v) is 6.30. The van der Waals surface area contributed by atoms with Gasteiger partial charge in [0.1, 0.15) is 0 Å². The molecule has 0 radical (unpaired) electrons. The summed E-state index contributed by atoms with van der Waals surface area (Å²) < 4.78 is 0. The van der Waals surface area contributed by atoms with Gasteiger partial charge in [-0.1, -0.05) is 45.0 Å². The van der Waals surface area contributed by atoms with Crippen LogP contribution in [0.5, 0.6) is 0 Å². The van der Waals surface area contributed by atoms with E-state index < -0.39 is 0 Å². The minimum absolute atomic E-state index is 0.411. The van der Waals surface area contributed by atoms with Gasteiger partial charge in [-0.25, -0.2) is 0 Å². The topological polar surface area (TPSA) is 24.9 Å². The Kier molecular flexibility index (Phi) is 4.54. The van der Waals surface area contributed by atoms with Crippen molar-refractivity contribution in [1.29, 1.82) is 0 Å². The lowest BCUT2D eigenvalue weighted by Crippen LogP contribution is -2.22. The van der Waals surface area contributed by atoms with Crippen molar-refractivity contribution in [1.82, 2.24) is 10.3 Å². The molecule has 0 saturated carbocycles. The van der Waals surface area contributed by atoms with Crippen LogP contribution in [0.4, 0.5) is 0 Å². The average Bonchev–Trinajstić information content (AvgIpc) is 2.37. The number of pyridine rings is 1. The maximum Gasteiger partial charge on any atom is 0.0734 e. The Bertz CT molecular complexity index is 521. The molecule has 0 amide bonds. The first-order valence-electron chi connectivity index (χ1n) is 7.10. The van der Waals surface area contributed by atoms with Crippen molar-refractivity contribution >= 4 is 10.9 Å². The monoisotopic (exact) mass is 256 g/mol. The summed E-state index contributed by atoms with van der Waals surface area (Å²) in [5.74, 6) is 0. The van der Waals surface area contributed by atoms with Gasteiger partial charge in [0.25, 0.3) is 0 Å². The van der Waals surface area contributed by atoms with E-state index in [9.17, 15) is 0 Å². The third-order valence-electron chi connectivity index (χ3n) is 3.34. The zero-order valence-electron chi connectivity index (χ0n) is 12.2. The van der Waals surface area contributed by atoms with Crippen molar-refractivity contribution in [3.8, 4) is 0 Å². The Morgan fingerprint density at radius 3 is 2.63 bits per heavy atom. The van der Waals surface area contributed by atoms with Gasteiger partial charge in [0.2, 0.25) is 0 Å². The summed E-state index contributed by atoms with van der Waals surface area (Å²) in [5, 5.41) is 4.76. The van der Waals surface area contributed by atoms with E-state index in [1.165, 1.54) is 17.4 Å². The molecule has 1 heterocycles. The first kappa shape index (κ1) is 14.0. The lowest BCUT2D eigenvalue weighted by Gasteiger charge is -2.18. The van der Waals surface area contributed by atoms with Crippen LogP contribution < -0.4 is 5.32 Å². The molecule has 0 saturated heterocycles. The molecule has 0 spiro atoms. The number of aromatic nitrogens is 1. The zero-order valence-corrected chi connectivity index (χ0v) is 12.2. The second kappa shape index (κ2) is 6.16. The van der Waals surface area contributed by atoms with Crippen LogP contribution in [-0.2, 0) is 6.42 Å². The number of para-hydroxylation sites is 1. The van der Waals surface area contributed by atoms with Gasteiger partial charge in [-0.05, 0) is 43.0 Å². The number of benzene rings is 1. The Morgan fingerprint density at radius 2 is 1.84 bits per heavy atom. The molecular weight excluding hydrogens is 232 g/mol. The number of hydrogen-bond donors (Lipinski definition) is 1. The molecule has 1 aromatic carbocycles. The molecule has 2 heteroatoms. The largest absolute Gasteiger partial charge is 0.316 e. The van der Waals surface area contributed by atoms with Crippen LogP contribution in [-0.4, -0.2) is 18.1 Å². The molecule has 1 N–H and O–H groups in total. The summed E-state index contributed by atoms with van der Waals surface area (Å²) in [6.07, 6.45) is 4.12. The fraction of sp³-hybridized carbons (Fsp3) is 0.471. The molecular formula is C17H24N2. The van der Waals surface area contributed by atoms with Crippen molar-refractivity contribution in [2.45, 2.75) is 33.6 Å². The van der Waals surface area contributed by atoms with E-state index in [2.05, 4.69) is 55.3 Å². The predicted molar refractivity (Wildman–Crippen MR) is 82.4 cm³/mol. The number of fused-ring (bicyclic) bond motifs is 1. The summed E-state index contributed by atoms with van der Waals surface area (Å²) in [4.78, 5) is 4.49. The molecule has 0 unspecified atom stereocenters. The van der Waals surface area contributed by atoms with Gasteiger partial charge in [0.15, 0.2) is 0 Å². The molecule has 0 atom stereocenters. The van der Waals surface area contributed by atoms with Crippen molar-refractivity contribution in [2.75, 3.05) is 13.1 Å². The minimum Gasteiger partial charge on any atom is -0.316 e. The number of nitrogens with one attached hydrogen (secondary N) is 1. The highest BCUT2D eigenvalue weighted by Crippen LogP contribution is 2.17. The Hall–Kier alpha value is -1.41. The Balaban J connectivity index is 1.88. The molecule has 102 valence electrons. The van der Waals surface area contributed by atoms with E-state index in [1.54, 1.807) is 0 Å². The lowest BCUT2D eigenvalue weighted by molar-refractivity contribution is 0.368. The summed E-state index contributed by atoms with van der Waals surface area (Å²) >= 11 is 0. The minimum atomic E-state index is 0.411. The van der Waals surface area contributed by atoms with Crippen molar-refractivity contribution < 1.29 is 0 Å². The van der Waals surface area contributed by atoms with Gasteiger partial charge in [-0.15, -0.1) is 0 Å². The van der Waals surface area contributed by atoms with E-state index in [0.717, 1.165) is 25.0 Å². The zero-order chi connectivity index (χ0) is 13.7. The third kappa shape index (κ3) is 4.32. The van der Waals surface area contributed by atoms with Crippen LogP contribution in [0.15, 0.2) is 36.5 Å². The van der Waals surface area contributed by atoms with Crippen LogP contribution in [0.25, 0.3) is 10.9 Å². The van der Waals surface area contributed by atoms with Crippen molar-refractivity contribution in [3.63, 3.8) is 0 Å². The van der Waals surface area contributed by atoms with Crippen LogP contribution >= 0.6 is 0 Å². The van der Waals surface area contributed by atoms with E-state index in [4.69, 9.17) is 0 Å². The number of hydrogen-bond acceptors (Lipinski definition) is 2. The second-order valence-electron chi connectivity index (χ2n) is 6.30. The van der Waals surface area contributed by atoms with Gasteiger partial charge < -0.3 is 5.32 Å². The summed E-state index contributed by atoms with van der Waals surface area (Å²) in [7, 11) is 0. The molecule has 0 aliphatic carbocycles. The van der Waals surface area contributed by atoms with Crippen LogP contribution in [0.1, 0.15) is 32.8 Å². The van der Waals surface area contributed by atoms with E-state index in [-0.39, 0.29) is 0 Å². The highest BCUT2D eigenvalue weighted by molar-refractivity contribution is 5.81. The van der Waals surface area contributed by atoms with Gasteiger partial charge in [0.05, 0.1) is 5.52 Å². The van der Waals surface area contributed by atoms with Gasteiger partial charge >= 0.3 is 0 Å². The van der Waals surface area contributed by atoms with Gasteiger partial charge in [-0.3, -0.25) is 4.98 Å². The Labute approximate surface area is 116 Å². The predicted octanol–water partition coefficient (Wildman–Crippen LogP) is 3.80. The molecule has 0 aliphatic rings. The molecule has 0 aliphatic heterocycles. The van der Waals surface area contributed by atoms with Gasteiger partial charge in [0, 0.05) is 11.6 Å². The molecule has 2 nitrogen and oxygen atoms in total. The molecule has 1 aromatic heterocycles. The first-order valence-corrected chi connectivity index (χ1v) is 7.10. The van der Waals surface area contributed by atoms with E-state index in [1.807, 2.05) is 12.3 Å². The van der Waals surface area contributed by atoms with Crippen LogP contribution in [0.3, 0.4) is 0 Å². The first-order chi connectivity index (χ1) is 9.06. The Morgan fingerprint density at radius 1 is 1.05 bits per heavy atom. The molecule has 2 rings (SSSR count). The maximum atomic E-state index is 4.49. The molecule has 0 bridgehead atoms. The molecule has 19 heavy (non-hydrogen) atoms. The maximum absolute atomic E-state index is 4.49. The van der Waals surface area contributed by atoms with Crippen molar-refractivity contribution in [3.05, 3.63) is 42.1 Å². The third-order valence-corrected chi connectivity index (χ3v) is 3.34. The smallest absolute Gasteiger partial charge is 0.0734 e. The van der Waals surface area contributed by atoms with Crippen LogP contribution in [0.2, 0.25) is 0 Å². The molecule has 2 aromatic rings. The van der Waals surface area contributed by atoms with Gasteiger partial charge in [-0.2, -0.15) is 0 Å². The van der Waals surface area contributed by atoms with E-state index in [0.29, 0.717) is 5.41 Å². The fourth-order valence-corrected chi connectivity index (χ4v) is 2.18. The number of rotatable bonds is 5. The standard InChI is InChI=1S/C17H24N2/c1-17(2,3)10-13-18-12-9-15-7-4-6-14-8-5-11-19-16(14)15/h4-8,11,18H,9-10,12-13H2,1-3H3. The highest BCUT2D eigenvalue weighted by atomic mass is 14.8. The lowest BCUT2D eigenvalue weighted by atomic mass is 9.92.